The fraction of sp³-hybridized carbons (Fsp3) is 0.227. The molecule has 2 N–H and O–H groups in total. The molecule has 29 heavy (non-hydrogen) atoms. The molecule has 0 unspecified atom stereocenters. The summed E-state index contributed by atoms with van der Waals surface area (Å²) < 4.78 is 15.1. The van der Waals surface area contributed by atoms with E-state index in [0.29, 0.717) is 17.1 Å². The lowest BCUT2D eigenvalue weighted by molar-refractivity contribution is -0.114. The maximum Gasteiger partial charge on any atom is 0.276 e. The Morgan fingerprint density at radius 3 is 2.41 bits per heavy atom. The average molecular weight is 392 g/mol. The van der Waals surface area contributed by atoms with E-state index in [2.05, 4.69) is 15.7 Å². The van der Waals surface area contributed by atoms with Crippen LogP contribution in [0.1, 0.15) is 41.5 Å². The summed E-state index contributed by atoms with van der Waals surface area (Å²) in [5.74, 6) is -0.795. The molecule has 4 rings (SSSR count). The van der Waals surface area contributed by atoms with E-state index in [1.807, 2.05) is 0 Å². The summed E-state index contributed by atoms with van der Waals surface area (Å²) in [5, 5.41) is 10.1. The van der Waals surface area contributed by atoms with Crippen LogP contribution in [-0.4, -0.2) is 21.6 Å². The molecular formula is C22H21FN4O2. The minimum Gasteiger partial charge on any atom is -0.326 e. The number of nitrogens with one attached hydrogen (secondary N) is 2. The molecule has 2 amide bonds. The van der Waals surface area contributed by atoms with Crippen molar-refractivity contribution in [3.8, 4) is 5.69 Å². The highest BCUT2D eigenvalue weighted by Gasteiger charge is 2.25. The van der Waals surface area contributed by atoms with Crippen molar-refractivity contribution in [3.63, 3.8) is 0 Å². The van der Waals surface area contributed by atoms with Crippen molar-refractivity contribution >= 4 is 23.2 Å². The molecule has 0 atom stereocenters. The van der Waals surface area contributed by atoms with Gasteiger partial charge in [0.15, 0.2) is 5.69 Å². The molecule has 1 aliphatic carbocycles. The second-order valence-corrected chi connectivity index (χ2v) is 7.09. The van der Waals surface area contributed by atoms with E-state index >= 15 is 0 Å². The molecule has 2 aromatic carbocycles. The summed E-state index contributed by atoms with van der Waals surface area (Å²) in [7, 11) is 0. The van der Waals surface area contributed by atoms with Gasteiger partial charge in [0.25, 0.3) is 5.91 Å². The smallest absolute Gasteiger partial charge is 0.276 e. The number of fused-ring (bicyclic) bond motifs is 1. The fourth-order valence-corrected chi connectivity index (χ4v) is 3.65. The van der Waals surface area contributed by atoms with Gasteiger partial charge in [-0.25, -0.2) is 9.07 Å². The molecule has 0 saturated heterocycles. The first-order valence-electron chi connectivity index (χ1n) is 9.57. The standard InChI is InChI=1S/C22H21FN4O2/c1-14(28)24-16-5-4-6-17(13-16)25-22(29)21-19-7-2-3-8-20(19)27(26-21)18-11-9-15(23)10-12-18/h4-6,9-13H,2-3,7-8H2,1H3,(H,24,28)(H,25,29). The molecule has 1 heterocycles. The van der Waals surface area contributed by atoms with Crippen molar-refractivity contribution in [2.75, 3.05) is 10.6 Å². The van der Waals surface area contributed by atoms with E-state index in [9.17, 15) is 14.0 Å². The van der Waals surface area contributed by atoms with Crippen LogP contribution in [0.15, 0.2) is 48.5 Å². The van der Waals surface area contributed by atoms with Crippen LogP contribution in [0.4, 0.5) is 15.8 Å². The van der Waals surface area contributed by atoms with E-state index < -0.39 is 0 Å². The summed E-state index contributed by atoms with van der Waals surface area (Å²) in [6, 6.07) is 13.1. The van der Waals surface area contributed by atoms with E-state index in [0.717, 1.165) is 42.6 Å². The zero-order valence-electron chi connectivity index (χ0n) is 16.0. The highest BCUT2D eigenvalue weighted by atomic mass is 19.1. The van der Waals surface area contributed by atoms with E-state index in [-0.39, 0.29) is 17.6 Å². The molecule has 0 spiro atoms. The van der Waals surface area contributed by atoms with Crippen molar-refractivity contribution < 1.29 is 14.0 Å². The molecule has 6 nitrogen and oxygen atoms in total. The third-order valence-corrected chi connectivity index (χ3v) is 4.91. The van der Waals surface area contributed by atoms with Gasteiger partial charge >= 0.3 is 0 Å². The van der Waals surface area contributed by atoms with Gasteiger partial charge < -0.3 is 10.6 Å². The van der Waals surface area contributed by atoms with Crippen LogP contribution >= 0.6 is 0 Å². The molecule has 0 aliphatic heterocycles. The third kappa shape index (κ3) is 4.03. The van der Waals surface area contributed by atoms with Crippen LogP contribution in [0.2, 0.25) is 0 Å². The van der Waals surface area contributed by atoms with Crippen molar-refractivity contribution in [3.05, 3.63) is 71.3 Å². The van der Waals surface area contributed by atoms with Gasteiger partial charge in [-0.05, 0) is 68.1 Å². The summed E-state index contributed by atoms with van der Waals surface area (Å²) in [5.41, 5.74) is 4.23. The zero-order valence-corrected chi connectivity index (χ0v) is 16.0. The normalized spacial score (nSPS) is 12.9. The number of aromatic nitrogens is 2. The Bertz CT molecular complexity index is 1070. The number of carbonyl (C=O) groups is 2. The Balaban J connectivity index is 1.65. The van der Waals surface area contributed by atoms with Gasteiger partial charge in [0, 0.05) is 29.6 Å². The predicted molar refractivity (Wildman–Crippen MR) is 109 cm³/mol. The largest absolute Gasteiger partial charge is 0.326 e. The number of halogens is 1. The van der Waals surface area contributed by atoms with E-state index in [1.54, 1.807) is 41.1 Å². The number of nitrogens with zero attached hydrogens (tertiary/aromatic N) is 2. The Kier molecular flexibility index (Phi) is 5.12. The molecular weight excluding hydrogens is 371 g/mol. The van der Waals surface area contributed by atoms with Gasteiger partial charge in [0.05, 0.1) is 5.69 Å². The first kappa shape index (κ1) is 18.9. The van der Waals surface area contributed by atoms with Crippen LogP contribution in [0, 0.1) is 5.82 Å². The summed E-state index contributed by atoms with van der Waals surface area (Å²) in [6.45, 7) is 1.43. The third-order valence-electron chi connectivity index (χ3n) is 4.91. The van der Waals surface area contributed by atoms with Crippen LogP contribution < -0.4 is 10.6 Å². The van der Waals surface area contributed by atoms with Gasteiger partial charge in [0.1, 0.15) is 5.82 Å². The second-order valence-electron chi connectivity index (χ2n) is 7.09. The maximum absolute atomic E-state index is 13.3. The quantitative estimate of drug-likeness (QED) is 0.702. The molecule has 148 valence electrons. The number of hydrogen-bond acceptors (Lipinski definition) is 3. The van der Waals surface area contributed by atoms with Gasteiger partial charge in [-0.3, -0.25) is 9.59 Å². The first-order chi connectivity index (χ1) is 14.0. The van der Waals surface area contributed by atoms with Gasteiger partial charge in [-0.2, -0.15) is 5.10 Å². The summed E-state index contributed by atoms with van der Waals surface area (Å²) >= 11 is 0. The minimum atomic E-state index is -0.313. The SMILES string of the molecule is CC(=O)Nc1cccc(NC(=O)c2nn(-c3ccc(F)cc3)c3c2CCCC3)c1. The van der Waals surface area contributed by atoms with Crippen LogP contribution in [0.5, 0.6) is 0 Å². The zero-order chi connectivity index (χ0) is 20.4. The lowest BCUT2D eigenvalue weighted by Crippen LogP contribution is -2.16. The number of amides is 2. The molecule has 7 heteroatoms. The average Bonchev–Trinajstić information content (AvgIpc) is 3.08. The molecule has 0 radical (unpaired) electrons. The highest BCUT2D eigenvalue weighted by molar-refractivity contribution is 6.04. The predicted octanol–water partition coefficient (Wildman–Crippen LogP) is 4.10. The number of benzene rings is 2. The second kappa shape index (κ2) is 7.87. The van der Waals surface area contributed by atoms with Crippen molar-refractivity contribution in [1.29, 1.82) is 0 Å². The van der Waals surface area contributed by atoms with Crippen LogP contribution in [0.25, 0.3) is 5.69 Å². The maximum atomic E-state index is 13.3. The molecule has 1 aliphatic rings. The molecule has 0 fully saturated rings. The Hall–Kier alpha value is -3.48. The van der Waals surface area contributed by atoms with Crippen LogP contribution in [-0.2, 0) is 17.6 Å². The summed E-state index contributed by atoms with van der Waals surface area (Å²) in [6.07, 6.45) is 3.64. The monoisotopic (exact) mass is 392 g/mol. The van der Waals surface area contributed by atoms with Gasteiger partial charge in [-0.15, -0.1) is 0 Å². The molecule has 0 bridgehead atoms. The Labute approximate surface area is 167 Å². The first-order valence-corrected chi connectivity index (χ1v) is 9.57. The van der Waals surface area contributed by atoms with Crippen molar-refractivity contribution in [2.24, 2.45) is 0 Å². The minimum absolute atomic E-state index is 0.180. The number of rotatable bonds is 4. The lowest BCUT2D eigenvalue weighted by atomic mass is 9.95. The van der Waals surface area contributed by atoms with Crippen molar-refractivity contribution in [1.82, 2.24) is 9.78 Å². The van der Waals surface area contributed by atoms with Crippen molar-refractivity contribution in [2.45, 2.75) is 32.6 Å². The molecule has 3 aromatic rings. The molecule has 0 saturated carbocycles. The number of anilines is 2. The van der Waals surface area contributed by atoms with E-state index in [4.69, 9.17) is 0 Å². The van der Waals surface area contributed by atoms with E-state index in [1.165, 1.54) is 19.1 Å². The highest BCUT2D eigenvalue weighted by Crippen LogP contribution is 2.28. The lowest BCUT2D eigenvalue weighted by Gasteiger charge is -2.14. The van der Waals surface area contributed by atoms with Crippen LogP contribution in [0.3, 0.4) is 0 Å². The van der Waals surface area contributed by atoms with Gasteiger partial charge in [0.2, 0.25) is 5.91 Å². The molecule has 1 aromatic heterocycles. The number of hydrogen-bond donors (Lipinski definition) is 2. The van der Waals surface area contributed by atoms with Gasteiger partial charge in [-0.1, -0.05) is 6.07 Å². The summed E-state index contributed by atoms with van der Waals surface area (Å²) in [4.78, 5) is 24.2. The number of carbonyl (C=O) groups excluding carboxylic acids is 2. The Morgan fingerprint density at radius 1 is 1.00 bits per heavy atom. The fourth-order valence-electron chi connectivity index (χ4n) is 3.65. The topological polar surface area (TPSA) is 76.0 Å². The Morgan fingerprint density at radius 2 is 1.69 bits per heavy atom.